The maximum Gasteiger partial charge on any atom is 0.424 e. The number of rotatable bonds is 13. The van der Waals surface area contributed by atoms with Crippen molar-refractivity contribution in [3.63, 3.8) is 0 Å². The van der Waals surface area contributed by atoms with E-state index in [1.54, 1.807) is 57.5 Å². The molecule has 0 radical (unpaired) electrons. The van der Waals surface area contributed by atoms with Crippen molar-refractivity contribution in [3.05, 3.63) is 95.8 Å². The van der Waals surface area contributed by atoms with E-state index in [2.05, 4.69) is 45.1 Å². The number of anilines is 4. The highest BCUT2D eigenvalue weighted by atomic mass is 16.6. The van der Waals surface area contributed by atoms with Gasteiger partial charge in [0.1, 0.15) is 11.2 Å². The fraction of sp³-hybridized carbons (Fsp3) is 0.529. The van der Waals surface area contributed by atoms with E-state index in [0.29, 0.717) is 17.8 Å². The zero-order chi connectivity index (χ0) is 59.1. The summed E-state index contributed by atoms with van der Waals surface area (Å²) in [6.45, 7) is 17.6. The zero-order valence-corrected chi connectivity index (χ0v) is 51.0. The van der Waals surface area contributed by atoms with E-state index in [4.69, 9.17) is 30.2 Å². The Morgan fingerprint density at radius 1 is 0.536 bits per heavy atom. The van der Waals surface area contributed by atoms with Gasteiger partial charge in [-0.25, -0.2) is 9.59 Å². The summed E-state index contributed by atoms with van der Waals surface area (Å²) in [5.74, 6) is 0.349. The molecule has 4 amide bonds. The molecule has 4 aliphatic heterocycles. The van der Waals surface area contributed by atoms with Crippen molar-refractivity contribution in [2.75, 3.05) is 73.8 Å². The summed E-state index contributed by atoms with van der Waals surface area (Å²) in [6, 6.07) is 16.2. The molecule has 2 saturated heterocycles. The lowest BCUT2D eigenvalue weighted by molar-refractivity contribution is -0.126. The summed E-state index contributed by atoms with van der Waals surface area (Å²) in [5, 5.41) is 2.02. The fourth-order valence-corrected chi connectivity index (χ4v) is 13.7. The number of pyridine rings is 4. The molecule has 84 heavy (non-hydrogen) atoms. The predicted octanol–water partition coefficient (Wildman–Crippen LogP) is 13.3. The number of carbonyl (C=O) groups excluding carboxylic acids is 4. The molecule has 6 aromatic rings. The highest BCUT2D eigenvalue weighted by Crippen LogP contribution is 2.56. The summed E-state index contributed by atoms with van der Waals surface area (Å²) < 4.78 is 11.5. The number of piperidine rings is 2. The van der Waals surface area contributed by atoms with Crippen molar-refractivity contribution in [1.29, 1.82) is 0 Å². The van der Waals surface area contributed by atoms with Crippen LogP contribution in [-0.2, 0) is 42.7 Å². The molecule has 2 spiro atoms. The third kappa shape index (κ3) is 11.7. The van der Waals surface area contributed by atoms with Crippen LogP contribution >= 0.6 is 0 Å². The second-order valence-electron chi connectivity index (χ2n) is 26.6. The first-order chi connectivity index (χ1) is 40.2. The van der Waals surface area contributed by atoms with E-state index in [1.807, 2.05) is 50.9 Å². The molecule has 0 atom stereocenters. The number of carbonyl (C=O) groups is 4. The lowest BCUT2D eigenvalue weighted by atomic mass is 9.64. The number of likely N-dealkylation sites (N-methyl/N-ethyl adjacent to an activating group) is 2. The van der Waals surface area contributed by atoms with Crippen LogP contribution < -0.4 is 20.4 Å². The Morgan fingerprint density at radius 3 is 1.38 bits per heavy atom. The van der Waals surface area contributed by atoms with Crippen LogP contribution in [0.15, 0.2) is 73.3 Å². The van der Waals surface area contributed by atoms with Crippen LogP contribution in [0.5, 0.6) is 0 Å². The van der Waals surface area contributed by atoms with Gasteiger partial charge < -0.3 is 34.8 Å². The summed E-state index contributed by atoms with van der Waals surface area (Å²) in [4.78, 5) is 82.9. The molecular formula is C68H86N10O6. The minimum absolute atomic E-state index is 0.132. The second-order valence-corrected chi connectivity index (χ2v) is 26.6. The summed E-state index contributed by atoms with van der Waals surface area (Å²) in [6.07, 6.45) is 24.9. The van der Waals surface area contributed by atoms with Gasteiger partial charge in [-0.1, -0.05) is 37.8 Å². The molecule has 4 aromatic heterocycles. The molecule has 16 nitrogen and oxygen atoms in total. The van der Waals surface area contributed by atoms with Crippen molar-refractivity contribution in [3.8, 4) is 22.3 Å². The van der Waals surface area contributed by atoms with Gasteiger partial charge in [-0.15, -0.1) is 0 Å². The average Bonchev–Trinajstić information content (AvgIpc) is 1.97. The first-order valence-corrected chi connectivity index (χ1v) is 31.1. The van der Waals surface area contributed by atoms with E-state index in [9.17, 15) is 19.2 Å². The van der Waals surface area contributed by atoms with Crippen molar-refractivity contribution in [1.82, 2.24) is 29.7 Å². The maximum atomic E-state index is 13.8. The largest absolute Gasteiger partial charge is 0.443 e. The van der Waals surface area contributed by atoms with Gasteiger partial charge in [0.15, 0.2) is 0 Å². The molecule has 0 bridgehead atoms. The van der Waals surface area contributed by atoms with Crippen LogP contribution in [0.2, 0.25) is 0 Å². The van der Waals surface area contributed by atoms with Gasteiger partial charge in [0, 0.05) is 59.5 Å². The third-order valence-electron chi connectivity index (χ3n) is 18.4. The predicted molar refractivity (Wildman–Crippen MR) is 334 cm³/mol. The number of likely N-dealkylation sites (tertiary alicyclic amines) is 2. The van der Waals surface area contributed by atoms with Crippen molar-refractivity contribution in [2.24, 2.45) is 0 Å². The maximum absolute atomic E-state index is 13.8. The minimum atomic E-state index is -0.842. The smallest absolute Gasteiger partial charge is 0.424 e. The zero-order valence-electron chi connectivity index (χ0n) is 51.0. The molecule has 12 rings (SSSR count). The number of imide groups is 1. The topological polar surface area (TPSA) is 181 Å². The number of ether oxygens (including phenoxy) is 2. The number of hydrogen-bond acceptors (Lipinski definition) is 13. The Balaban J connectivity index is 0.000000185. The van der Waals surface area contributed by atoms with Crippen LogP contribution in [0, 0.1) is 0 Å². The number of unbranched alkanes of at least 4 members (excludes halogenated alkanes) is 2. The molecule has 6 aliphatic rings. The van der Waals surface area contributed by atoms with Gasteiger partial charge in [0.05, 0.1) is 68.4 Å². The molecule has 2 aromatic carbocycles. The van der Waals surface area contributed by atoms with Crippen LogP contribution in [0.4, 0.5) is 32.3 Å². The van der Waals surface area contributed by atoms with Crippen LogP contribution in [-0.4, -0.2) is 118 Å². The Labute approximate surface area is 495 Å². The Hall–Kier alpha value is -7.04. The van der Waals surface area contributed by atoms with E-state index >= 15 is 0 Å². The number of nitrogens with two attached hydrogens (primary N) is 1. The van der Waals surface area contributed by atoms with Gasteiger partial charge in [-0.3, -0.25) is 29.5 Å². The van der Waals surface area contributed by atoms with Crippen molar-refractivity contribution < 1.29 is 28.7 Å². The molecule has 2 saturated carbocycles. The van der Waals surface area contributed by atoms with Crippen LogP contribution in [0.3, 0.4) is 0 Å². The summed E-state index contributed by atoms with van der Waals surface area (Å²) >= 11 is 0. The summed E-state index contributed by atoms with van der Waals surface area (Å²) in [5.41, 5.74) is 16.1. The van der Waals surface area contributed by atoms with Crippen LogP contribution in [0.25, 0.3) is 44.1 Å². The Kier molecular flexibility index (Phi) is 16.6. The Morgan fingerprint density at radius 2 is 0.964 bits per heavy atom. The van der Waals surface area contributed by atoms with Gasteiger partial charge in [0.25, 0.3) is 0 Å². The van der Waals surface area contributed by atoms with E-state index in [0.717, 1.165) is 167 Å². The highest BCUT2D eigenvalue weighted by Gasteiger charge is 2.56. The van der Waals surface area contributed by atoms with E-state index in [1.165, 1.54) is 64.6 Å². The molecular weight excluding hydrogens is 1050 g/mol. The normalized spacial score (nSPS) is 18.3. The number of fused-ring (bicyclic) bond motifs is 8. The van der Waals surface area contributed by atoms with Gasteiger partial charge in [-0.05, 0) is 218 Å². The SMILES string of the molecule is CN1C(=O)C2(CCC2)c2c1cnc1ccc(-c3cnc(CCCCN4CCCCC4)c(N(C(=O)OC(C)(C)C)C(=O)OC(C)(C)C)c3)cc21.CN1C(=O)C2(CCC2)c2c1cnc1ccc(-c3cnc(CCCCN4CCCCC4)c(N)c3)cc21. The van der Waals surface area contributed by atoms with Gasteiger partial charge >= 0.3 is 12.2 Å². The Bertz CT molecular complexity index is 3450. The minimum Gasteiger partial charge on any atom is -0.443 e. The molecule has 2 aliphatic carbocycles. The lowest BCUT2D eigenvalue weighted by Gasteiger charge is -2.37. The van der Waals surface area contributed by atoms with Gasteiger partial charge in [-0.2, -0.15) is 4.90 Å². The standard InChI is InChI=1S/C39H51N5O5.C29H35N5O/c1-37(2,3)48-35(46)44(36(47)49-38(4,5)6)31-23-27(24-40-30(31)14-9-12-21-43-19-10-8-11-20-43)26-15-16-29-28(22-26)33-32(25-41-29)42(7)34(45)39(33)17-13-18-39;1-33-26-19-32-24-10-9-20(16-22(24)27(26)29(28(33)35)11-7-12-29)21-17-23(30)25(31-18-21)8-3-6-15-34-13-4-2-5-14-34/h15-16,22-25H,8-14,17-21H2,1-7H3;9-10,16-19H,2-8,11-15,30H2,1H3. The van der Waals surface area contributed by atoms with Crippen molar-refractivity contribution >= 4 is 68.6 Å². The molecule has 0 unspecified atom stereocenters. The second kappa shape index (κ2) is 23.8. The van der Waals surface area contributed by atoms with Crippen molar-refractivity contribution in [2.45, 2.75) is 179 Å². The number of aryl methyl sites for hydroxylation is 2. The highest BCUT2D eigenvalue weighted by molar-refractivity contribution is 6.14. The molecule has 2 N–H and O–H groups in total. The average molecular weight is 1140 g/mol. The number of nitrogen functional groups attached to an aromatic ring is 1. The monoisotopic (exact) mass is 1140 g/mol. The summed E-state index contributed by atoms with van der Waals surface area (Å²) in [7, 11) is 3.70. The van der Waals surface area contributed by atoms with Crippen LogP contribution in [0.1, 0.15) is 167 Å². The molecule has 4 fully saturated rings. The quantitative estimate of drug-likeness (QED) is 0.108. The van der Waals surface area contributed by atoms with E-state index < -0.39 is 28.8 Å². The number of benzene rings is 2. The first kappa shape index (κ1) is 58.7. The van der Waals surface area contributed by atoms with Gasteiger partial charge in [0.2, 0.25) is 11.8 Å². The first-order valence-electron chi connectivity index (χ1n) is 31.1. The fourth-order valence-electron chi connectivity index (χ4n) is 13.7. The number of amides is 4. The lowest BCUT2D eigenvalue weighted by Crippen LogP contribution is -2.44. The number of nitrogens with zero attached hydrogens (tertiary/aromatic N) is 9. The third-order valence-corrected chi connectivity index (χ3v) is 18.4. The number of aromatic nitrogens is 4. The van der Waals surface area contributed by atoms with E-state index in [-0.39, 0.29) is 17.2 Å². The molecule has 8 heterocycles. The number of hydrogen-bond donors (Lipinski definition) is 1. The molecule has 16 heteroatoms. The molecule has 444 valence electrons.